The summed E-state index contributed by atoms with van der Waals surface area (Å²) in [6, 6.07) is 53.4. The zero-order chi connectivity index (χ0) is 65.4. The zero-order valence-corrected chi connectivity index (χ0v) is 56.2. The largest absolute Gasteiger partial charge is 0.215 e. The van der Waals surface area contributed by atoms with Gasteiger partial charge in [-0.15, -0.1) is 0 Å². The SMILES string of the molecule is Cc1ccc(C)c(-c2c(C)ccc(C)[n+]2C)c1.Cc1ccc(C)c(-c2c(C)ccc(C)[n+]2C)c1.Cc1cccc(C)c1-c1c(C)ccc(C)[n+]1C.Cc1cccc(C)c1-c1c(C)ccc(C)[n+]1C.[2H]C([2H])([2H])c1ccc(-c2c(C)ccc(C)[n+]2C)c(C)c1. The highest BCUT2D eigenvalue weighted by Crippen LogP contribution is 2.31. The maximum absolute atomic E-state index is 7.49. The smallest absolute Gasteiger partial charge is 0.198 e. The highest BCUT2D eigenvalue weighted by Gasteiger charge is 2.23. The summed E-state index contributed by atoms with van der Waals surface area (Å²) in [6.45, 7) is 38.8. The van der Waals surface area contributed by atoms with Gasteiger partial charge in [-0.1, -0.05) is 89.5 Å². The topological polar surface area (TPSA) is 19.4 Å². The van der Waals surface area contributed by atoms with Crippen LogP contribution in [0.15, 0.2) is 152 Å². The number of aromatic nitrogens is 5. The van der Waals surface area contributed by atoms with E-state index in [2.05, 4.69) is 309 Å². The van der Waals surface area contributed by atoms with Gasteiger partial charge in [0.05, 0.1) is 11.1 Å². The second-order valence-corrected chi connectivity index (χ2v) is 24.0. The van der Waals surface area contributed by atoms with Gasteiger partial charge in [0.1, 0.15) is 35.2 Å². The summed E-state index contributed by atoms with van der Waals surface area (Å²) >= 11 is 0. The molecule has 5 heterocycles. The van der Waals surface area contributed by atoms with Gasteiger partial charge in [0.25, 0.3) is 0 Å². The number of benzene rings is 5. The number of aryl methyl sites for hydroxylation is 20. The van der Waals surface area contributed by atoms with Gasteiger partial charge in [0, 0.05) is 114 Å². The Hall–Kier alpha value is -8.15. The third-order valence-electron chi connectivity index (χ3n) is 17.3. The minimum Gasteiger partial charge on any atom is -0.198 e. The van der Waals surface area contributed by atoms with Gasteiger partial charge >= 0.3 is 0 Å². The quantitative estimate of drug-likeness (QED) is 0.153. The molecule has 0 N–H and O–H groups in total. The van der Waals surface area contributed by atoms with Crippen LogP contribution in [0.5, 0.6) is 0 Å². The molecule has 0 bridgehead atoms. The van der Waals surface area contributed by atoms with E-state index in [1.54, 1.807) is 12.1 Å². The van der Waals surface area contributed by atoms with E-state index >= 15 is 0 Å². The van der Waals surface area contributed by atoms with Crippen LogP contribution in [0.2, 0.25) is 0 Å². The second kappa shape index (κ2) is 28.6. The van der Waals surface area contributed by atoms with Gasteiger partial charge in [0.2, 0.25) is 28.5 Å². The Bertz CT molecular complexity index is 3930. The molecule has 0 saturated heterocycles. The van der Waals surface area contributed by atoms with Crippen LogP contribution in [-0.2, 0) is 35.2 Å². The van der Waals surface area contributed by atoms with E-state index < -0.39 is 6.85 Å². The summed E-state index contributed by atoms with van der Waals surface area (Å²) in [7, 11) is 10.6. The highest BCUT2D eigenvalue weighted by atomic mass is 15.0. The van der Waals surface area contributed by atoms with Crippen LogP contribution in [-0.4, -0.2) is 0 Å². The lowest BCUT2D eigenvalue weighted by Gasteiger charge is -2.11. The van der Waals surface area contributed by atoms with Gasteiger partial charge in [-0.3, -0.25) is 0 Å². The molecule has 440 valence electrons. The number of pyridine rings is 5. The first-order valence-electron chi connectivity index (χ1n) is 31.5. The molecule has 5 heteroatoms. The maximum Gasteiger partial charge on any atom is 0.215 e. The van der Waals surface area contributed by atoms with E-state index in [1.165, 1.54) is 146 Å². The summed E-state index contributed by atoms with van der Waals surface area (Å²) in [5, 5.41) is 0. The Morgan fingerprint density at radius 1 is 0.224 bits per heavy atom. The predicted octanol–water partition coefficient (Wildman–Crippen LogP) is 17.1. The van der Waals surface area contributed by atoms with Gasteiger partial charge in [-0.05, 0) is 191 Å². The molecule has 10 rings (SSSR count). The average Bonchev–Trinajstić information content (AvgIpc) is 2.04. The van der Waals surface area contributed by atoms with Crippen LogP contribution in [0.3, 0.4) is 0 Å². The number of hydrogen-bond donors (Lipinski definition) is 0. The lowest BCUT2D eigenvalue weighted by molar-refractivity contribution is -0.667. The van der Waals surface area contributed by atoms with E-state index in [4.69, 9.17) is 4.11 Å². The Morgan fingerprint density at radius 2 is 0.482 bits per heavy atom. The number of nitrogens with zero attached hydrogens (tertiary/aromatic N) is 5. The molecule has 5 aromatic heterocycles. The summed E-state index contributed by atoms with van der Waals surface area (Å²) in [6.07, 6.45) is 0. The van der Waals surface area contributed by atoms with Crippen molar-refractivity contribution in [1.82, 2.24) is 0 Å². The average molecular weight is 1130 g/mol. The molecule has 0 radical (unpaired) electrons. The fourth-order valence-electron chi connectivity index (χ4n) is 11.6. The van der Waals surface area contributed by atoms with Gasteiger partial charge in [-0.2, -0.15) is 22.8 Å². The van der Waals surface area contributed by atoms with E-state index in [0.717, 1.165) is 16.8 Å². The van der Waals surface area contributed by atoms with Crippen molar-refractivity contribution in [3.8, 4) is 56.3 Å². The van der Waals surface area contributed by atoms with Gasteiger partial charge in [-0.25, -0.2) is 0 Å². The Labute approximate surface area is 517 Å². The molecule has 0 spiro atoms. The first-order chi connectivity index (χ1) is 41.3. The minimum atomic E-state index is -2.05. The fraction of sp³-hybridized carbons (Fsp3) is 0.312. The molecule has 5 aromatic carbocycles. The van der Waals surface area contributed by atoms with Crippen LogP contribution in [0.1, 0.15) is 116 Å². The van der Waals surface area contributed by atoms with Crippen molar-refractivity contribution >= 4 is 0 Å². The molecule has 0 saturated carbocycles. The van der Waals surface area contributed by atoms with Crippen LogP contribution in [0.25, 0.3) is 56.3 Å². The molecule has 0 unspecified atom stereocenters. The first-order valence-corrected chi connectivity index (χ1v) is 30.0. The molecule has 0 aliphatic carbocycles. The van der Waals surface area contributed by atoms with E-state index in [1.807, 2.05) is 20.0 Å². The number of hydrogen-bond acceptors (Lipinski definition) is 0. The standard InChI is InChI=1S/5C16H20N/c1-11-6-9-15(13(3)10-11)16-12(2)7-8-14(4)17(16)5;2*1-11-6-7-12(2)15(10-11)16-13(3)8-9-14(4)17(16)5;2*1-11-7-6-8-12(2)15(11)16-13(3)9-10-14(4)17(16)5/h5*6-10H,1-5H3/q5*+1/i1D3;;;;. The second-order valence-electron chi connectivity index (χ2n) is 24.0. The first kappa shape index (κ1) is 61.4. The Kier molecular flexibility index (Phi) is 20.7. The van der Waals surface area contributed by atoms with Crippen molar-refractivity contribution in [3.63, 3.8) is 0 Å². The molecule has 0 fully saturated rings. The molecule has 0 aliphatic heterocycles. The molecular formula is C80H100N5+5. The maximum atomic E-state index is 7.49. The molecule has 0 amide bonds. The lowest BCUT2D eigenvalue weighted by Crippen LogP contribution is -2.35. The molecule has 5 nitrogen and oxygen atoms in total. The summed E-state index contributed by atoms with van der Waals surface area (Å²) < 4.78 is 33.7. The predicted molar refractivity (Wildman–Crippen MR) is 360 cm³/mol. The summed E-state index contributed by atoms with van der Waals surface area (Å²) in [4.78, 5) is 0. The molecule has 0 aliphatic rings. The highest BCUT2D eigenvalue weighted by molar-refractivity contribution is 5.70. The molecule has 10 aromatic rings. The van der Waals surface area contributed by atoms with E-state index in [0.29, 0.717) is 5.56 Å². The van der Waals surface area contributed by atoms with E-state index in [-0.39, 0.29) is 0 Å². The zero-order valence-electron chi connectivity index (χ0n) is 59.2. The normalized spacial score (nSPS) is 11.3. The van der Waals surface area contributed by atoms with Crippen LogP contribution >= 0.6 is 0 Å². The van der Waals surface area contributed by atoms with Crippen molar-refractivity contribution in [2.75, 3.05) is 0 Å². The van der Waals surface area contributed by atoms with Crippen molar-refractivity contribution < 1.29 is 26.9 Å². The molecule has 0 atom stereocenters. The lowest BCUT2D eigenvalue weighted by atomic mass is 9.96. The third kappa shape index (κ3) is 15.4. The van der Waals surface area contributed by atoms with Crippen molar-refractivity contribution in [3.05, 3.63) is 264 Å². The number of rotatable bonds is 5. The summed E-state index contributed by atoms with van der Waals surface area (Å²) in [5.41, 5.74) is 37.8. The van der Waals surface area contributed by atoms with Crippen LogP contribution in [0, 0.1) is 138 Å². The molecule has 85 heavy (non-hydrogen) atoms. The van der Waals surface area contributed by atoms with Crippen molar-refractivity contribution in [1.29, 1.82) is 0 Å². The van der Waals surface area contributed by atoms with Gasteiger partial charge in [0.15, 0.2) is 28.5 Å². The Morgan fingerprint density at radius 3 is 0.776 bits per heavy atom. The summed E-state index contributed by atoms with van der Waals surface area (Å²) in [5.74, 6) is 0. The van der Waals surface area contributed by atoms with E-state index in [9.17, 15) is 0 Å². The fourth-order valence-corrected chi connectivity index (χ4v) is 11.6. The monoisotopic (exact) mass is 1130 g/mol. The third-order valence-corrected chi connectivity index (χ3v) is 17.3. The van der Waals surface area contributed by atoms with Gasteiger partial charge < -0.3 is 0 Å². The van der Waals surface area contributed by atoms with Crippen molar-refractivity contribution in [2.45, 2.75) is 138 Å². The molecular weight excluding hydrogens is 1030 g/mol. The van der Waals surface area contributed by atoms with Crippen LogP contribution < -0.4 is 22.8 Å². The minimum absolute atomic E-state index is 0.395. The van der Waals surface area contributed by atoms with Crippen molar-refractivity contribution in [2.24, 2.45) is 35.2 Å². The Balaban J connectivity index is 0.000000176. The van der Waals surface area contributed by atoms with Crippen LogP contribution in [0.4, 0.5) is 0 Å².